The largest absolute Gasteiger partial charge is 0.463 e. The molecule has 1 heterocycles. The van der Waals surface area contributed by atoms with Gasteiger partial charge >= 0.3 is 12.1 Å². The first-order chi connectivity index (χ1) is 19.3. The second kappa shape index (κ2) is 16.5. The van der Waals surface area contributed by atoms with Gasteiger partial charge in [-0.1, -0.05) is 74.5 Å². The normalized spacial score (nSPS) is 12.5. The Morgan fingerprint density at radius 1 is 0.925 bits per heavy atom. The van der Waals surface area contributed by atoms with Crippen LogP contribution in [-0.4, -0.2) is 49.3 Å². The lowest BCUT2D eigenvalue weighted by Gasteiger charge is -2.24. The van der Waals surface area contributed by atoms with Crippen LogP contribution in [0.1, 0.15) is 47.7 Å². The number of methoxy groups -OCH3 is 1. The lowest BCUT2D eigenvalue weighted by atomic mass is 10.0. The lowest BCUT2D eigenvalue weighted by Crippen LogP contribution is -2.48. The van der Waals surface area contributed by atoms with E-state index in [1.807, 2.05) is 60.7 Å². The molecule has 8 nitrogen and oxygen atoms in total. The maximum atomic E-state index is 13.3. The molecule has 214 valence electrons. The number of hydrogen-bond acceptors (Lipinski definition) is 8. The van der Waals surface area contributed by atoms with Gasteiger partial charge in [0.05, 0.1) is 24.7 Å². The number of amides is 1. The molecule has 40 heavy (non-hydrogen) atoms. The number of rotatable bonds is 16. The number of thioether (sulfide) groups is 1. The van der Waals surface area contributed by atoms with E-state index in [4.69, 9.17) is 9.15 Å². The smallest absolute Gasteiger partial charge is 0.407 e. The summed E-state index contributed by atoms with van der Waals surface area (Å²) in [6.45, 7) is 4.80. The zero-order valence-corrected chi connectivity index (χ0v) is 24.1. The molecule has 3 rings (SSSR count). The average molecular weight is 567 g/mol. The first-order valence-electron chi connectivity index (χ1n) is 13.4. The fourth-order valence-electron chi connectivity index (χ4n) is 4.15. The third-order valence-electron chi connectivity index (χ3n) is 6.11. The Morgan fingerprint density at radius 2 is 1.60 bits per heavy atom. The van der Waals surface area contributed by atoms with Gasteiger partial charge in [0.2, 0.25) is 5.76 Å². The topological polar surface area (TPSA) is 107 Å². The number of hydrogen-bond donors (Lipinski definition) is 2. The van der Waals surface area contributed by atoms with Crippen LogP contribution < -0.4 is 10.6 Å². The molecule has 9 heteroatoms. The van der Waals surface area contributed by atoms with E-state index in [1.165, 1.54) is 18.9 Å². The van der Waals surface area contributed by atoms with Gasteiger partial charge in [0.25, 0.3) is 0 Å². The van der Waals surface area contributed by atoms with E-state index < -0.39 is 18.1 Å². The Balaban J connectivity index is 1.57. The van der Waals surface area contributed by atoms with Gasteiger partial charge in [-0.25, -0.2) is 9.59 Å². The van der Waals surface area contributed by atoms with Crippen molar-refractivity contribution in [2.75, 3.05) is 19.4 Å². The van der Waals surface area contributed by atoms with Crippen molar-refractivity contribution < 1.29 is 28.3 Å². The second-order valence-electron chi connectivity index (χ2n) is 9.90. The van der Waals surface area contributed by atoms with Crippen LogP contribution >= 0.6 is 11.8 Å². The number of alkyl carbamates (subject to hydrolysis) is 1. The summed E-state index contributed by atoms with van der Waals surface area (Å²) in [6, 6.07) is 22.0. The molecule has 0 radical (unpaired) electrons. The summed E-state index contributed by atoms with van der Waals surface area (Å²) < 4.78 is 15.6. The summed E-state index contributed by atoms with van der Waals surface area (Å²) in [4.78, 5) is 37.5. The van der Waals surface area contributed by atoms with Crippen LogP contribution in [0.25, 0.3) is 0 Å². The predicted molar refractivity (Wildman–Crippen MR) is 156 cm³/mol. The van der Waals surface area contributed by atoms with Gasteiger partial charge in [-0.3, -0.25) is 4.79 Å². The monoisotopic (exact) mass is 566 g/mol. The molecule has 0 aliphatic heterocycles. The first-order valence-corrected chi connectivity index (χ1v) is 14.5. The summed E-state index contributed by atoms with van der Waals surface area (Å²) in [5, 5.41) is 6.38. The second-order valence-corrected chi connectivity index (χ2v) is 10.9. The summed E-state index contributed by atoms with van der Waals surface area (Å²) in [6.07, 6.45) is 0.776. The fourth-order valence-corrected chi connectivity index (χ4v) is 5.01. The Bertz CT molecular complexity index is 1200. The van der Waals surface area contributed by atoms with Gasteiger partial charge in [-0.2, -0.15) is 0 Å². The summed E-state index contributed by atoms with van der Waals surface area (Å²) in [5.74, 6) is 1.30. The number of esters is 1. The average Bonchev–Trinajstić information content (AvgIpc) is 3.43. The van der Waals surface area contributed by atoms with Crippen molar-refractivity contribution in [3.63, 3.8) is 0 Å². The van der Waals surface area contributed by atoms with Gasteiger partial charge in [-0.05, 0) is 42.0 Å². The van der Waals surface area contributed by atoms with E-state index in [9.17, 15) is 14.4 Å². The maximum Gasteiger partial charge on any atom is 0.407 e. The Morgan fingerprint density at radius 3 is 2.25 bits per heavy atom. The van der Waals surface area contributed by atoms with Crippen LogP contribution in [0, 0.1) is 5.92 Å². The third-order valence-corrected chi connectivity index (χ3v) is 7.09. The first kappa shape index (κ1) is 31.0. The van der Waals surface area contributed by atoms with Crippen molar-refractivity contribution in [1.82, 2.24) is 10.6 Å². The third kappa shape index (κ3) is 10.9. The zero-order chi connectivity index (χ0) is 28.7. The van der Waals surface area contributed by atoms with Crippen LogP contribution in [0.3, 0.4) is 0 Å². The number of benzene rings is 2. The molecule has 0 fully saturated rings. The number of carbonyl (C=O) groups is 3. The molecule has 0 saturated heterocycles. The van der Waals surface area contributed by atoms with Crippen LogP contribution in [-0.2, 0) is 33.0 Å². The molecule has 0 aliphatic carbocycles. The molecule has 3 aromatic rings. The Kier molecular flexibility index (Phi) is 12.8. The zero-order valence-electron chi connectivity index (χ0n) is 23.3. The van der Waals surface area contributed by atoms with Gasteiger partial charge in [0.15, 0.2) is 5.78 Å². The molecule has 2 aromatic carbocycles. The van der Waals surface area contributed by atoms with Gasteiger partial charge in [-0.15, -0.1) is 11.8 Å². The quantitative estimate of drug-likeness (QED) is 0.222. The molecular formula is C31H38N2O6S. The van der Waals surface area contributed by atoms with Crippen molar-refractivity contribution in [3.05, 3.63) is 95.4 Å². The van der Waals surface area contributed by atoms with E-state index in [1.54, 1.807) is 12.1 Å². The molecular weight excluding hydrogens is 528 g/mol. The SMILES string of the molecule is COC(=O)c1ccc(CSCC(=O)C(Cc2ccccc2)NCC(CC(C)C)NC(=O)OCc2ccccc2)o1. The highest BCUT2D eigenvalue weighted by Gasteiger charge is 2.22. The van der Waals surface area contributed by atoms with Crippen LogP contribution in [0.5, 0.6) is 0 Å². The van der Waals surface area contributed by atoms with Crippen molar-refractivity contribution >= 4 is 29.6 Å². The Labute approximate surface area is 240 Å². The molecule has 1 amide bonds. The summed E-state index contributed by atoms with van der Waals surface area (Å²) in [7, 11) is 1.30. The minimum Gasteiger partial charge on any atom is -0.463 e. The van der Waals surface area contributed by atoms with Crippen molar-refractivity contribution in [2.24, 2.45) is 5.92 Å². The number of nitrogens with one attached hydrogen (secondary N) is 2. The number of Topliss-reactive ketones (excluding diaryl/α,β-unsaturated/α-hetero) is 1. The maximum absolute atomic E-state index is 13.3. The van der Waals surface area contributed by atoms with Crippen LogP contribution in [0.4, 0.5) is 4.79 Å². The van der Waals surface area contributed by atoms with E-state index in [0.717, 1.165) is 17.5 Å². The minimum atomic E-state index is -0.534. The molecule has 0 saturated carbocycles. The standard InChI is InChI=1S/C31H38N2O6S/c1-22(2)16-25(33-31(36)38-19-24-12-8-5-9-13-24)18-32-27(17-23-10-6-4-7-11-23)28(34)21-40-20-26-14-15-29(39-26)30(35)37-3/h4-15,22,25,27,32H,16-21H2,1-3H3,(H,33,36). The predicted octanol–water partition coefficient (Wildman–Crippen LogP) is 5.41. The van der Waals surface area contributed by atoms with Gasteiger partial charge in [0.1, 0.15) is 12.4 Å². The Hall–Kier alpha value is -3.56. The molecule has 2 atom stereocenters. The number of furan rings is 1. The molecule has 0 bridgehead atoms. The summed E-state index contributed by atoms with van der Waals surface area (Å²) >= 11 is 1.42. The molecule has 1 aromatic heterocycles. The number of ketones is 1. The van der Waals surface area contributed by atoms with Gasteiger partial charge < -0.3 is 24.5 Å². The molecule has 0 aliphatic rings. The highest BCUT2D eigenvalue weighted by atomic mass is 32.2. The van der Waals surface area contributed by atoms with Crippen LogP contribution in [0.15, 0.2) is 77.2 Å². The molecule has 2 N–H and O–H groups in total. The highest BCUT2D eigenvalue weighted by molar-refractivity contribution is 7.99. The van der Waals surface area contributed by atoms with Crippen molar-refractivity contribution in [3.8, 4) is 0 Å². The van der Waals surface area contributed by atoms with E-state index in [-0.39, 0.29) is 29.9 Å². The summed E-state index contributed by atoms with van der Waals surface area (Å²) in [5.41, 5.74) is 1.96. The van der Waals surface area contributed by atoms with Crippen LogP contribution in [0.2, 0.25) is 0 Å². The highest BCUT2D eigenvalue weighted by Crippen LogP contribution is 2.17. The van der Waals surface area contributed by atoms with Crippen molar-refractivity contribution in [1.29, 1.82) is 0 Å². The van der Waals surface area contributed by atoms with E-state index in [0.29, 0.717) is 30.4 Å². The molecule has 0 spiro atoms. The lowest BCUT2D eigenvalue weighted by molar-refractivity contribution is -0.118. The van der Waals surface area contributed by atoms with E-state index >= 15 is 0 Å². The number of carbonyl (C=O) groups excluding carboxylic acids is 3. The van der Waals surface area contributed by atoms with Gasteiger partial charge in [0, 0.05) is 12.6 Å². The molecule has 2 unspecified atom stereocenters. The number of ether oxygens (including phenoxy) is 2. The fraction of sp³-hybridized carbons (Fsp3) is 0.387. The van der Waals surface area contributed by atoms with E-state index in [2.05, 4.69) is 29.2 Å². The minimum absolute atomic E-state index is 0.0450. The van der Waals surface area contributed by atoms with Crippen molar-refractivity contribution in [2.45, 2.75) is 51.1 Å².